The first-order valence-corrected chi connectivity index (χ1v) is 10.1. The maximum absolute atomic E-state index is 12.7. The highest BCUT2D eigenvalue weighted by atomic mass is 35.5. The van der Waals surface area contributed by atoms with Crippen molar-refractivity contribution < 1.29 is 9.66 Å². The van der Waals surface area contributed by atoms with E-state index in [1.807, 2.05) is 11.0 Å². The molecule has 0 aromatic heterocycles. The molecule has 1 aromatic rings. The Morgan fingerprint density at radius 1 is 1.30 bits per heavy atom. The molecule has 3 rings (SSSR count). The number of rotatable bonds is 5. The van der Waals surface area contributed by atoms with Crippen LogP contribution in [-0.2, 0) is 4.79 Å². The van der Waals surface area contributed by atoms with E-state index in [0.29, 0.717) is 29.4 Å². The summed E-state index contributed by atoms with van der Waals surface area (Å²) in [7, 11) is 0. The number of hydrogen-bond acceptors (Lipinski definition) is 3. The third-order valence-electron chi connectivity index (χ3n) is 5.71. The Balaban J connectivity index is 1.60. The van der Waals surface area contributed by atoms with Crippen LogP contribution >= 0.6 is 11.6 Å². The summed E-state index contributed by atoms with van der Waals surface area (Å²) >= 11 is 6.13. The summed E-state index contributed by atoms with van der Waals surface area (Å²) in [4.78, 5) is 27.9. The van der Waals surface area contributed by atoms with Gasteiger partial charge < -0.3 is 4.90 Å². The number of nitrogens with zero attached hydrogens (tertiary/aromatic N) is 4. The molecule has 1 amide bonds. The van der Waals surface area contributed by atoms with Crippen molar-refractivity contribution in [2.24, 2.45) is 5.92 Å². The summed E-state index contributed by atoms with van der Waals surface area (Å²) in [6, 6.07) is 6.74. The van der Waals surface area contributed by atoms with E-state index in [1.54, 1.807) is 6.07 Å². The van der Waals surface area contributed by atoms with Crippen LogP contribution in [0.2, 0.25) is 5.02 Å². The molecule has 1 aromatic carbocycles. The number of carbonyl (C=O) groups excluding carboxylic acids is 1. The minimum absolute atomic E-state index is 0.0184. The van der Waals surface area contributed by atoms with E-state index in [-0.39, 0.29) is 29.2 Å². The molecule has 1 saturated heterocycles. The van der Waals surface area contributed by atoms with Crippen LogP contribution in [-0.4, -0.2) is 46.4 Å². The fraction of sp³-hybridized carbons (Fsp3) is 0.600. The molecule has 0 N–H and O–H groups in total. The van der Waals surface area contributed by atoms with E-state index in [2.05, 4.69) is 6.92 Å². The number of carbonyl (C=O) groups is 1. The van der Waals surface area contributed by atoms with Gasteiger partial charge in [-0.25, -0.2) is 0 Å². The van der Waals surface area contributed by atoms with E-state index in [9.17, 15) is 9.70 Å². The summed E-state index contributed by atoms with van der Waals surface area (Å²) in [6.45, 7) is 3.18. The summed E-state index contributed by atoms with van der Waals surface area (Å²) in [6.07, 6.45) is 7.52. The standard InChI is InChI=1S/C20H26ClN4O2/c1-15(11-16-5-3-2-4-6-16)24-10-9-23(14-20(24)26)25(27)19-8-7-17(13-22)12-18(19)21/h7-8,12,15-16H,2-6,9-11,14H2,1H3/q+1. The van der Waals surface area contributed by atoms with E-state index in [1.165, 1.54) is 49.2 Å². The fourth-order valence-corrected chi connectivity index (χ4v) is 4.46. The molecule has 1 unspecified atom stereocenters. The van der Waals surface area contributed by atoms with Gasteiger partial charge in [-0.2, -0.15) is 5.26 Å². The zero-order valence-corrected chi connectivity index (χ0v) is 16.5. The number of nitriles is 1. The van der Waals surface area contributed by atoms with Crippen LogP contribution in [0.4, 0.5) is 5.69 Å². The zero-order valence-electron chi connectivity index (χ0n) is 15.7. The minimum atomic E-state index is -0.0184. The molecule has 27 heavy (non-hydrogen) atoms. The van der Waals surface area contributed by atoms with Gasteiger partial charge in [0.15, 0.2) is 11.4 Å². The van der Waals surface area contributed by atoms with Gasteiger partial charge in [0.2, 0.25) is 5.91 Å². The van der Waals surface area contributed by atoms with E-state index >= 15 is 0 Å². The lowest BCUT2D eigenvalue weighted by Gasteiger charge is -2.36. The zero-order chi connectivity index (χ0) is 19.4. The second-order valence-electron chi connectivity index (χ2n) is 7.61. The van der Waals surface area contributed by atoms with Crippen molar-refractivity contribution in [2.75, 3.05) is 19.6 Å². The normalized spacial score (nSPS) is 19.7. The van der Waals surface area contributed by atoms with Gasteiger partial charge in [0.25, 0.3) is 0 Å². The van der Waals surface area contributed by atoms with Crippen LogP contribution in [0.25, 0.3) is 0 Å². The summed E-state index contributed by atoms with van der Waals surface area (Å²) in [5, 5.41) is 10.6. The van der Waals surface area contributed by atoms with Crippen LogP contribution in [0.3, 0.4) is 0 Å². The van der Waals surface area contributed by atoms with Crippen LogP contribution in [0, 0.1) is 22.2 Å². The third-order valence-corrected chi connectivity index (χ3v) is 6.01. The van der Waals surface area contributed by atoms with Gasteiger partial charge in [-0.3, -0.25) is 4.79 Å². The largest absolute Gasteiger partial charge is 0.336 e. The Kier molecular flexibility index (Phi) is 6.33. The van der Waals surface area contributed by atoms with Gasteiger partial charge in [-0.1, -0.05) is 43.7 Å². The molecule has 1 saturated carbocycles. The van der Waals surface area contributed by atoms with Gasteiger partial charge in [-0.15, -0.1) is 5.01 Å². The molecule has 0 radical (unpaired) electrons. The van der Waals surface area contributed by atoms with Crippen LogP contribution in [0.1, 0.15) is 51.0 Å². The SMILES string of the molecule is CC(CC1CCCCC1)N1CCN([N+](=O)c2ccc(C#N)cc2Cl)CC1=O. The Morgan fingerprint density at radius 2 is 2.04 bits per heavy atom. The molecule has 1 aliphatic carbocycles. The Morgan fingerprint density at radius 3 is 2.67 bits per heavy atom. The number of benzene rings is 1. The van der Waals surface area contributed by atoms with Gasteiger partial charge >= 0.3 is 5.69 Å². The van der Waals surface area contributed by atoms with Gasteiger partial charge in [-0.05, 0) is 31.4 Å². The van der Waals surface area contributed by atoms with Crippen molar-refractivity contribution in [3.8, 4) is 6.07 Å². The molecule has 1 atom stereocenters. The van der Waals surface area contributed by atoms with Crippen molar-refractivity contribution in [1.29, 1.82) is 5.26 Å². The lowest BCUT2D eigenvalue weighted by molar-refractivity contribution is -0.640. The van der Waals surface area contributed by atoms with Crippen LogP contribution < -0.4 is 0 Å². The molecule has 7 heteroatoms. The molecule has 2 fully saturated rings. The predicted molar refractivity (Wildman–Crippen MR) is 103 cm³/mol. The van der Waals surface area contributed by atoms with E-state index < -0.39 is 0 Å². The average molecular weight is 390 g/mol. The van der Waals surface area contributed by atoms with Crippen molar-refractivity contribution in [2.45, 2.75) is 51.5 Å². The molecule has 6 nitrogen and oxygen atoms in total. The number of hydrogen-bond donors (Lipinski definition) is 0. The first-order chi connectivity index (χ1) is 13.0. The van der Waals surface area contributed by atoms with Crippen molar-refractivity contribution in [3.63, 3.8) is 0 Å². The van der Waals surface area contributed by atoms with Gasteiger partial charge in [0.05, 0.1) is 23.1 Å². The highest BCUT2D eigenvalue weighted by Crippen LogP contribution is 2.30. The number of amides is 1. The highest BCUT2D eigenvalue weighted by Gasteiger charge is 2.36. The molecule has 2 aliphatic rings. The summed E-state index contributed by atoms with van der Waals surface area (Å²) in [5.74, 6) is 0.697. The minimum Gasteiger partial charge on any atom is -0.336 e. The molecular weight excluding hydrogens is 364 g/mol. The molecule has 0 spiro atoms. The molecular formula is C20H26ClN4O2+. The molecule has 1 heterocycles. The second-order valence-corrected chi connectivity index (χ2v) is 8.02. The second kappa shape index (κ2) is 8.71. The lowest BCUT2D eigenvalue weighted by Crippen LogP contribution is -2.55. The van der Waals surface area contributed by atoms with Gasteiger partial charge in [0, 0.05) is 18.7 Å². The average Bonchev–Trinajstić information content (AvgIpc) is 2.68. The first-order valence-electron chi connectivity index (χ1n) is 9.71. The smallest absolute Gasteiger partial charge is 0.310 e. The third kappa shape index (κ3) is 4.59. The van der Waals surface area contributed by atoms with Crippen LogP contribution in [0.5, 0.6) is 0 Å². The number of halogens is 1. The predicted octanol–water partition coefficient (Wildman–Crippen LogP) is 4.04. The van der Waals surface area contributed by atoms with Crippen LogP contribution in [0.15, 0.2) is 18.2 Å². The monoisotopic (exact) mass is 389 g/mol. The maximum atomic E-state index is 12.7. The molecule has 0 bridgehead atoms. The van der Waals surface area contributed by atoms with Gasteiger partial charge in [0.1, 0.15) is 5.02 Å². The fourth-order valence-electron chi connectivity index (χ4n) is 4.21. The van der Waals surface area contributed by atoms with Crippen molar-refractivity contribution in [3.05, 3.63) is 33.7 Å². The van der Waals surface area contributed by atoms with Crippen molar-refractivity contribution in [1.82, 2.24) is 9.91 Å². The topological polar surface area (TPSA) is 67.4 Å². The number of hydrazine groups is 1. The Bertz CT molecular complexity index is 755. The number of nitroso groups, excluding NO2 is 1. The summed E-state index contributed by atoms with van der Waals surface area (Å²) < 4.78 is 0. The quantitative estimate of drug-likeness (QED) is 0.712. The Hall–Kier alpha value is -2.13. The van der Waals surface area contributed by atoms with Crippen molar-refractivity contribution >= 4 is 23.2 Å². The molecule has 1 aliphatic heterocycles. The highest BCUT2D eigenvalue weighted by molar-refractivity contribution is 6.32. The number of piperazine rings is 1. The van der Waals surface area contributed by atoms with E-state index in [4.69, 9.17) is 16.9 Å². The van der Waals surface area contributed by atoms with E-state index in [0.717, 1.165) is 6.42 Å². The maximum Gasteiger partial charge on any atom is 0.310 e. The Labute approximate surface area is 165 Å². The first kappa shape index (κ1) is 19.6. The molecule has 144 valence electrons. The summed E-state index contributed by atoms with van der Waals surface area (Å²) in [5.41, 5.74) is 0.654. The lowest BCUT2D eigenvalue weighted by atomic mass is 9.85.